The van der Waals surface area contributed by atoms with Crippen molar-refractivity contribution in [3.05, 3.63) is 0 Å². The third-order valence-corrected chi connectivity index (χ3v) is 1.69. The van der Waals surface area contributed by atoms with Crippen molar-refractivity contribution in [3.63, 3.8) is 0 Å². The fourth-order valence-corrected chi connectivity index (χ4v) is 0.675. The first-order valence-corrected chi connectivity index (χ1v) is 3.43. The van der Waals surface area contributed by atoms with Crippen molar-refractivity contribution in [3.8, 4) is 6.26 Å². The molecule has 4 nitrogen and oxygen atoms in total. The largest absolute Gasteiger partial charge is 0.378 e. The Labute approximate surface area is 65.4 Å². The molecule has 0 aromatic rings. The Morgan fingerprint density at radius 2 is 2.09 bits per heavy atom. The number of hydrogen-bond donors (Lipinski definition) is 1. The molecular weight excluding hydrogens is 146 g/mol. The van der Waals surface area contributed by atoms with E-state index in [0.717, 1.165) is 0 Å². The molecule has 0 aliphatic carbocycles. The Kier molecular flexibility index (Phi) is 3.55. The fourth-order valence-electron chi connectivity index (χ4n) is 0.675. The molecule has 0 spiro atoms. The van der Waals surface area contributed by atoms with Gasteiger partial charge in [0.05, 0.1) is 0 Å². The van der Waals surface area contributed by atoms with Gasteiger partial charge in [-0.15, -0.1) is 5.26 Å². The zero-order chi connectivity index (χ0) is 8.91. The quantitative estimate of drug-likeness (QED) is 0.480. The number of ether oxygens (including phenoxy) is 1. The van der Waals surface area contributed by atoms with E-state index in [9.17, 15) is 9.90 Å². The topological polar surface area (TPSA) is 70.3 Å². The summed E-state index contributed by atoms with van der Waals surface area (Å²) in [6.07, 6.45) is 1.74. The summed E-state index contributed by atoms with van der Waals surface area (Å²) < 4.78 is 4.01. The van der Waals surface area contributed by atoms with Crippen LogP contribution in [0.1, 0.15) is 26.7 Å². The van der Waals surface area contributed by atoms with Crippen molar-refractivity contribution in [1.29, 1.82) is 5.26 Å². The molecule has 62 valence electrons. The van der Waals surface area contributed by atoms with Crippen molar-refractivity contribution >= 4 is 5.97 Å². The number of nitrogens with zero attached hydrogens (tertiary/aromatic N) is 1. The summed E-state index contributed by atoms with van der Waals surface area (Å²) in [5.74, 6) is -0.870. The summed E-state index contributed by atoms with van der Waals surface area (Å²) in [5.41, 5.74) is -1.49. The lowest BCUT2D eigenvalue weighted by atomic mass is 9.98. The molecule has 0 aromatic heterocycles. The Bertz CT molecular complexity index is 179. The van der Waals surface area contributed by atoms with E-state index in [1.165, 1.54) is 6.26 Å². The molecule has 1 N–H and O–H groups in total. The first-order chi connectivity index (χ1) is 5.10. The zero-order valence-corrected chi connectivity index (χ0v) is 6.63. The normalized spacial score (nSPS) is 10.4. The molecule has 0 saturated carbocycles. The fraction of sp³-hybridized carbons (Fsp3) is 0.714. The molecule has 0 atom stereocenters. The number of rotatable bonds is 3. The van der Waals surface area contributed by atoms with Crippen LogP contribution in [0.5, 0.6) is 0 Å². The molecular formula is C7H11NO3. The van der Waals surface area contributed by atoms with Gasteiger partial charge in [-0.3, -0.25) is 0 Å². The van der Waals surface area contributed by atoms with Crippen LogP contribution in [0, 0.1) is 11.5 Å². The van der Waals surface area contributed by atoms with E-state index in [-0.39, 0.29) is 12.8 Å². The molecule has 0 aromatic carbocycles. The van der Waals surface area contributed by atoms with Gasteiger partial charge in [-0.1, -0.05) is 13.8 Å². The van der Waals surface area contributed by atoms with E-state index in [4.69, 9.17) is 5.26 Å². The number of nitriles is 1. The molecule has 0 unspecified atom stereocenters. The highest BCUT2D eigenvalue weighted by atomic mass is 16.5. The Hall–Kier alpha value is -1.08. The lowest BCUT2D eigenvalue weighted by Gasteiger charge is -2.19. The minimum atomic E-state index is -1.49. The maximum Gasteiger partial charge on any atom is 0.353 e. The standard InChI is InChI=1S/C7H11NO3/c1-3-7(10,4-2)6(9)11-5-8/h10H,3-4H2,1-2H3. The van der Waals surface area contributed by atoms with Gasteiger partial charge in [0.2, 0.25) is 0 Å². The molecule has 0 aliphatic rings. The van der Waals surface area contributed by atoms with Crippen LogP contribution in [-0.2, 0) is 9.53 Å². The van der Waals surface area contributed by atoms with Crippen LogP contribution in [0.25, 0.3) is 0 Å². The zero-order valence-electron chi connectivity index (χ0n) is 6.63. The second-order valence-corrected chi connectivity index (χ2v) is 2.22. The van der Waals surface area contributed by atoms with Gasteiger partial charge in [-0.2, -0.15) is 0 Å². The minimum Gasteiger partial charge on any atom is -0.378 e. The van der Waals surface area contributed by atoms with Crippen LogP contribution < -0.4 is 0 Å². The Balaban J connectivity index is 4.27. The van der Waals surface area contributed by atoms with Gasteiger partial charge in [-0.25, -0.2) is 4.79 Å². The van der Waals surface area contributed by atoms with Crippen molar-refractivity contribution < 1.29 is 14.6 Å². The van der Waals surface area contributed by atoms with Crippen LogP contribution in [0.2, 0.25) is 0 Å². The second-order valence-electron chi connectivity index (χ2n) is 2.22. The summed E-state index contributed by atoms with van der Waals surface area (Å²) in [6.45, 7) is 3.31. The van der Waals surface area contributed by atoms with E-state index < -0.39 is 11.6 Å². The first-order valence-electron chi connectivity index (χ1n) is 3.43. The molecule has 0 saturated heterocycles. The Morgan fingerprint density at radius 3 is 2.36 bits per heavy atom. The SMILES string of the molecule is CCC(O)(CC)C(=O)OC#N. The summed E-state index contributed by atoms with van der Waals surface area (Å²) in [5, 5.41) is 17.4. The van der Waals surface area contributed by atoms with Crippen molar-refractivity contribution in [2.24, 2.45) is 0 Å². The van der Waals surface area contributed by atoms with Gasteiger partial charge in [0.25, 0.3) is 6.26 Å². The van der Waals surface area contributed by atoms with Gasteiger partial charge in [0.15, 0.2) is 5.60 Å². The lowest BCUT2D eigenvalue weighted by Crippen LogP contribution is -2.37. The van der Waals surface area contributed by atoms with E-state index in [2.05, 4.69) is 4.74 Å². The Morgan fingerprint density at radius 1 is 1.64 bits per heavy atom. The van der Waals surface area contributed by atoms with E-state index >= 15 is 0 Å². The number of esters is 1. The molecule has 0 heterocycles. The van der Waals surface area contributed by atoms with E-state index in [0.29, 0.717) is 0 Å². The number of carbonyl (C=O) groups excluding carboxylic acids is 1. The number of aliphatic hydroxyl groups is 1. The summed E-state index contributed by atoms with van der Waals surface area (Å²) >= 11 is 0. The molecule has 0 amide bonds. The minimum absolute atomic E-state index is 0.254. The highest BCUT2D eigenvalue weighted by Gasteiger charge is 2.33. The molecule has 11 heavy (non-hydrogen) atoms. The third kappa shape index (κ3) is 2.20. The van der Waals surface area contributed by atoms with Crippen LogP contribution in [0.4, 0.5) is 0 Å². The van der Waals surface area contributed by atoms with Crippen LogP contribution in [0.3, 0.4) is 0 Å². The van der Waals surface area contributed by atoms with Gasteiger partial charge in [0, 0.05) is 0 Å². The number of hydrogen-bond acceptors (Lipinski definition) is 4. The third-order valence-electron chi connectivity index (χ3n) is 1.69. The summed E-state index contributed by atoms with van der Waals surface area (Å²) in [6, 6.07) is 0. The molecule has 0 fully saturated rings. The average molecular weight is 157 g/mol. The van der Waals surface area contributed by atoms with E-state index in [1.807, 2.05) is 0 Å². The predicted molar refractivity (Wildman–Crippen MR) is 37.2 cm³/mol. The molecule has 0 bridgehead atoms. The maximum atomic E-state index is 10.8. The van der Waals surface area contributed by atoms with Crippen LogP contribution >= 0.6 is 0 Å². The molecule has 0 aliphatic heterocycles. The highest BCUT2D eigenvalue weighted by Crippen LogP contribution is 2.15. The summed E-state index contributed by atoms with van der Waals surface area (Å²) in [7, 11) is 0. The lowest BCUT2D eigenvalue weighted by molar-refractivity contribution is -0.159. The van der Waals surface area contributed by atoms with Crippen molar-refractivity contribution in [1.82, 2.24) is 0 Å². The van der Waals surface area contributed by atoms with Crippen molar-refractivity contribution in [2.75, 3.05) is 0 Å². The molecule has 0 rings (SSSR count). The van der Waals surface area contributed by atoms with Gasteiger partial charge in [0.1, 0.15) is 0 Å². The van der Waals surface area contributed by atoms with Gasteiger partial charge >= 0.3 is 5.97 Å². The smallest absolute Gasteiger partial charge is 0.353 e. The molecule has 0 radical (unpaired) electrons. The maximum absolute atomic E-state index is 10.8. The van der Waals surface area contributed by atoms with Gasteiger partial charge in [-0.05, 0) is 12.8 Å². The monoisotopic (exact) mass is 157 g/mol. The number of carbonyl (C=O) groups is 1. The van der Waals surface area contributed by atoms with E-state index in [1.54, 1.807) is 13.8 Å². The van der Waals surface area contributed by atoms with Crippen molar-refractivity contribution in [2.45, 2.75) is 32.3 Å². The van der Waals surface area contributed by atoms with Crippen LogP contribution in [0.15, 0.2) is 0 Å². The first kappa shape index (κ1) is 9.92. The predicted octanol–water partition coefficient (Wildman–Crippen LogP) is 0.562. The summed E-state index contributed by atoms with van der Waals surface area (Å²) in [4.78, 5) is 10.8. The highest BCUT2D eigenvalue weighted by molar-refractivity contribution is 5.79. The average Bonchev–Trinajstić information content (AvgIpc) is 2.03. The van der Waals surface area contributed by atoms with Crippen LogP contribution in [-0.4, -0.2) is 16.7 Å². The van der Waals surface area contributed by atoms with Gasteiger partial charge < -0.3 is 9.84 Å². The second kappa shape index (κ2) is 3.94. The molecule has 4 heteroatoms.